The Morgan fingerprint density at radius 1 is 1.14 bits per heavy atom. The molecule has 0 aliphatic heterocycles. The Morgan fingerprint density at radius 2 is 1.83 bits per heavy atom. The zero-order chi connectivity index (χ0) is 26.1. The fourth-order valence-electron chi connectivity index (χ4n) is 3.60. The van der Waals surface area contributed by atoms with Gasteiger partial charge in [0.25, 0.3) is 0 Å². The molecule has 11 heteroatoms. The molecule has 0 bridgehead atoms. The number of anilines is 1. The molecular formula is C25H32N4O5S2. The summed E-state index contributed by atoms with van der Waals surface area (Å²) in [6.45, 7) is 3.83. The van der Waals surface area contributed by atoms with Gasteiger partial charge in [-0.15, -0.1) is 11.3 Å². The minimum Gasteiger partial charge on any atom is -0.444 e. The van der Waals surface area contributed by atoms with Crippen LogP contribution >= 0.6 is 11.3 Å². The molecule has 0 radical (unpaired) electrons. The second-order valence-corrected chi connectivity index (χ2v) is 11.7. The molecular weight excluding hydrogens is 500 g/mol. The first-order valence-corrected chi connectivity index (χ1v) is 13.9. The van der Waals surface area contributed by atoms with Crippen LogP contribution in [0, 0.1) is 5.92 Å². The quantitative estimate of drug-likeness (QED) is 0.305. The highest BCUT2D eigenvalue weighted by Crippen LogP contribution is 2.20. The van der Waals surface area contributed by atoms with Gasteiger partial charge in [0.1, 0.15) is 6.61 Å². The molecule has 0 spiro atoms. The van der Waals surface area contributed by atoms with E-state index in [2.05, 4.69) is 10.3 Å². The SMILES string of the molecule is CC(C)CN(C[C@@H](O)[C@H](Cc1ccccc1)NC(=O)OCc1cncs1)S(=O)(=O)c1ccc(N)cc1. The smallest absolute Gasteiger partial charge is 0.407 e. The number of carbonyl (C=O) groups excluding carboxylic acids is 1. The number of nitrogens with one attached hydrogen (secondary N) is 1. The van der Waals surface area contributed by atoms with E-state index in [9.17, 15) is 18.3 Å². The number of alkyl carbamates (subject to hydrolysis) is 1. The first kappa shape index (κ1) is 27.6. The fourth-order valence-corrected chi connectivity index (χ4v) is 5.72. The van der Waals surface area contributed by atoms with Crippen LogP contribution in [0.1, 0.15) is 24.3 Å². The highest BCUT2D eigenvalue weighted by Gasteiger charge is 2.31. The van der Waals surface area contributed by atoms with E-state index in [1.54, 1.807) is 11.7 Å². The van der Waals surface area contributed by atoms with E-state index in [0.29, 0.717) is 5.69 Å². The maximum atomic E-state index is 13.4. The van der Waals surface area contributed by atoms with Gasteiger partial charge in [-0.2, -0.15) is 4.31 Å². The summed E-state index contributed by atoms with van der Waals surface area (Å²) in [7, 11) is -3.91. The van der Waals surface area contributed by atoms with Crippen LogP contribution in [0.3, 0.4) is 0 Å². The summed E-state index contributed by atoms with van der Waals surface area (Å²) in [5.74, 6) is 0.00524. The highest BCUT2D eigenvalue weighted by atomic mass is 32.2. The third-order valence-corrected chi connectivity index (χ3v) is 7.97. The van der Waals surface area contributed by atoms with Gasteiger partial charge in [-0.05, 0) is 42.2 Å². The summed E-state index contributed by atoms with van der Waals surface area (Å²) in [6.07, 6.45) is -0.0153. The standard InChI is InChI=1S/C25H32N4O5S2/c1-18(2)14-29(36(32,33)22-10-8-20(26)9-11-22)15-24(30)23(12-19-6-4-3-5-7-19)28-25(31)34-16-21-13-27-17-35-21/h3-11,13,17-18,23-24,30H,12,14-16,26H2,1-2H3,(H,28,31)/t23-,24+/m0/s1. The number of nitrogen functional groups attached to an aromatic ring is 1. The molecule has 0 aliphatic carbocycles. The van der Waals surface area contributed by atoms with Crippen molar-refractivity contribution < 1.29 is 23.1 Å². The number of hydrogen-bond donors (Lipinski definition) is 3. The number of sulfonamides is 1. The van der Waals surface area contributed by atoms with E-state index < -0.39 is 28.3 Å². The monoisotopic (exact) mass is 532 g/mol. The first-order valence-electron chi connectivity index (χ1n) is 11.5. The molecule has 0 saturated carbocycles. The lowest BCUT2D eigenvalue weighted by Crippen LogP contribution is -2.51. The largest absolute Gasteiger partial charge is 0.444 e. The van der Waals surface area contributed by atoms with Crippen LogP contribution in [0.25, 0.3) is 0 Å². The second-order valence-electron chi connectivity index (χ2n) is 8.84. The molecule has 1 amide bonds. The summed E-state index contributed by atoms with van der Waals surface area (Å²) in [6, 6.07) is 14.5. The Labute approximate surface area is 216 Å². The highest BCUT2D eigenvalue weighted by molar-refractivity contribution is 7.89. The molecule has 4 N–H and O–H groups in total. The van der Waals surface area contributed by atoms with E-state index in [0.717, 1.165) is 10.4 Å². The van der Waals surface area contributed by atoms with Crippen LogP contribution < -0.4 is 11.1 Å². The van der Waals surface area contributed by atoms with Gasteiger partial charge in [0.05, 0.1) is 27.4 Å². The van der Waals surface area contributed by atoms with Gasteiger partial charge in [-0.1, -0.05) is 44.2 Å². The van der Waals surface area contributed by atoms with E-state index >= 15 is 0 Å². The molecule has 3 aromatic rings. The molecule has 1 heterocycles. The van der Waals surface area contributed by atoms with Crippen LogP contribution in [-0.4, -0.2) is 54.1 Å². The predicted octanol–water partition coefficient (Wildman–Crippen LogP) is 3.27. The average Bonchev–Trinajstić information content (AvgIpc) is 3.36. The number of hydrogen-bond acceptors (Lipinski definition) is 8. The molecule has 2 aromatic carbocycles. The predicted molar refractivity (Wildman–Crippen MR) is 140 cm³/mol. The van der Waals surface area contributed by atoms with Crippen molar-refractivity contribution >= 4 is 33.1 Å². The van der Waals surface area contributed by atoms with Crippen LogP contribution in [0.15, 0.2) is 71.2 Å². The Balaban J connectivity index is 1.79. The minimum absolute atomic E-state index is 0.00524. The zero-order valence-corrected chi connectivity index (χ0v) is 21.9. The number of aliphatic hydroxyl groups is 1. The van der Waals surface area contributed by atoms with Gasteiger partial charge in [0, 0.05) is 25.0 Å². The number of ether oxygens (including phenoxy) is 1. The third-order valence-electron chi connectivity index (χ3n) is 5.37. The van der Waals surface area contributed by atoms with E-state index in [4.69, 9.17) is 10.5 Å². The van der Waals surface area contributed by atoms with Crippen molar-refractivity contribution in [3.8, 4) is 0 Å². The van der Waals surface area contributed by atoms with Crippen molar-refractivity contribution in [1.29, 1.82) is 0 Å². The third kappa shape index (κ3) is 8.02. The lowest BCUT2D eigenvalue weighted by Gasteiger charge is -2.30. The summed E-state index contributed by atoms with van der Waals surface area (Å²) in [4.78, 5) is 17.4. The van der Waals surface area contributed by atoms with Gasteiger partial charge in [-0.25, -0.2) is 13.2 Å². The van der Waals surface area contributed by atoms with E-state index in [-0.39, 0.29) is 36.9 Å². The van der Waals surface area contributed by atoms with Crippen molar-refractivity contribution in [1.82, 2.24) is 14.6 Å². The Kier molecular flexibility index (Phi) is 9.82. The zero-order valence-electron chi connectivity index (χ0n) is 20.3. The van der Waals surface area contributed by atoms with Gasteiger partial charge in [0.2, 0.25) is 10.0 Å². The van der Waals surface area contributed by atoms with Crippen molar-refractivity contribution in [2.24, 2.45) is 5.92 Å². The summed E-state index contributed by atoms with van der Waals surface area (Å²) < 4.78 is 33.4. The second kappa shape index (κ2) is 12.8. The molecule has 0 aliphatic rings. The van der Waals surface area contributed by atoms with Gasteiger partial charge >= 0.3 is 6.09 Å². The maximum absolute atomic E-state index is 13.4. The number of carbonyl (C=O) groups is 1. The van der Waals surface area contributed by atoms with Gasteiger partial charge < -0.3 is 20.9 Å². The van der Waals surface area contributed by atoms with Crippen molar-refractivity contribution in [2.75, 3.05) is 18.8 Å². The number of nitrogens with two attached hydrogens (primary N) is 1. The van der Waals surface area contributed by atoms with Crippen molar-refractivity contribution in [3.63, 3.8) is 0 Å². The normalized spacial score (nSPS) is 13.5. The topological polar surface area (TPSA) is 135 Å². The molecule has 194 valence electrons. The molecule has 0 saturated heterocycles. The molecule has 2 atom stereocenters. The molecule has 0 unspecified atom stereocenters. The fraction of sp³-hybridized carbons (Fsp3) is 0.360. The molecule has 9 nitrogen and oxygen atoms in total. The van der Waals surface area contributed by atoms with Gasteiger partial charge in [0.15, 0.2) is 0 Å². The first-order chi connectivity index (χ1) is 17.1. The lowest BCUT2D eigenvalue weighted by molar-refractivity contribution is 0.0876. The summed E-state index contributed by atoms with van der Waals surface area (Å²) in [5, 5.41) is 13.9. The number of benzene rings is 2. The average molecular weight is 533 g/mol. The van der Waals surface area contributed by atoms with Crippen LogP contribution in [0.4, 0.5) is 10.5 Å². The number of aromatic nitrogens is 1. The van der Waals surface area contributed by atoms with E-state index in [1.807, 2.05) is 44.2 Å². The Morgan fingerprint density at radius 3 is 2.44 bits per heavy atom. The van der Waals surface area contributed by atoms with Gasteiger partial charge in [-0.3, -0.25) is 4.98 Å². The van der Waals surface area contributed by atoms with E-state index in [1.165, 1.54) is 39.9 Å². The Bertz CT molecular complexity index is 1190. The number of thiazole rings is 1. The van der Waals surface area contributed by atoms with Crippen LogP contribution in [0.5, 0.6) is 0 Å². The van der Waals surface area contributed by atoms with Crippen LogP contribution in [-0.2, 0) is 27.8 Å². The maximum Gasteiger partial charge on any atom is 0.407 e. The van der Waals surface area contributed by atoms with Crippen molar-refractivity contribution in [3.05, 3.63) is 76.7 Å². The molecule has 3 rings (SSSR count). The van der Waals surface area contributed by atoms with Crippen molar-refractivity contribution in [2.45, 2.75) is 43.9 Å². The number of rotatable bonds is 12. The minimum atomic E-state index is -3.91. The molecule has 0 fully saturated rings. The summed E-state index contributed by atoms with van der Waals surface area (Å²) in [5.41, 5.74) is 8.69. The number of aliphatic hydroxyl groups excluding tert-OH is 1. The molecule has 1 aromatic heterocycles. The summed E-state index contributed by atoms with van der Waals surface area (Å²) >= 11 is 1.36. The van der Waals surface area contributed by atoms with Crippen LogP contribution in [0.2, 0.25) is 0 Å². The Hall–Kier alpha value is -2.99. The number of nitrogens with zero attached hydrogens (tertiary/aromatic N) is 2. The lowest BCUT2D eigenvalue weighted by atomic mass is 10.0. The number of amides is 1. The molecule has 36 heavy (non-hydrogen) atoms.